The maximum Gasteiger partial charge on any atom is 0.419 e. The molecule has 2 aliphatic rings. The average molecular weight is 1750 g/mol. The summed E-state index contributed by atoms with van der Waals surface area (Å²) in [7, 11) is 10.9. The lowest BCUT2D eigenvalue weighted by molar-refractivity contribution is -0.149. The number of benzene rings is 6. The quantitative estimate of drug-likeness (QED) is 0.00812. The molecule has 0 aliphatic heterocycles. The molecule has 4 radical (unpaired) electrons. The highest BCUT2D eigenvalue weighted by Crippen LogP contribution is 2.29. The maximum atomic E-state index is 14.1. The Morgan fingerprint density at radius 3 is 1.11 bits per heavy atom. The third-order valence-electron chi connectivity index (χ3n) is 21.2. The highest BCUT2D eigenvalue weighted by atomic mass is 16.6. The molecule has 670 valence electrons. The SMILES string of the molecule is [B]C(=O)N[C@H](C(=O)N[C@@H](Cc1cn(C(=O)OCc2ccccc2)cn1)C(=O)NC(CCC)C(=O)C(=O)NCC(=O)N[C@H](C(=O)OCc1ccccc1)c1ccccc1)C1CCCCC1.[B]C(=O)N[C@H](C(=O)N[C@@H](Cc1cn(C(=O)OCc2ccccc2)cn1)C(=O)NC(CCC)C(O)C(=O)NCC(=O)N[C@H](C(=O)OCc1ccccc1)c1ccccc1)C1CCCCC1. The van der Waals surface area contributed by atoms with E-state index in [9.17, 15) is 77.0 Å². The van der Waals surface area contributed by atoms with E-state index in [2.05, 4.69) is 63.1 Å². The van der Waals surface area contributed by atoms with Crippen LogP contribution in [-0.4, -0.2) is 184 Å². The molecule has 2 aromatic heterocycles. The van der Waals surface area contributed by atoms with E-state index in [1.54, 1.807) is 159 Å². The van der Waals surface area contributed by atoms with Crippen molar-refractivity contribution in [2.45, 2.75) is 197 Å². The predicted octanol–water partition coefficient (Wildman–Crippen LogP) is 6.78. The van der Waals surface area contributed by atoms with Gasteiger partial charge in [-0.2, -0.15) is 0 Å². The monoisotopic (exact) mass is 1750 g/mol. The van der Waals surface area contributed by atoms with Crippen molar-refractivity contribution in [3.63, 3.8) is 0 Å². The predicted molar refractivity (Wildman–Crippen MR) is 467 cm³/mol. The molecule has 34 nitrogen and oxygen atoms in total. The number of hydrogen-bond acceptors (Lipinski definition) is 22. The summed E-state index contributed by atoms with van der Waals surface area (Å²) in [6.45, 7) is 2.08. The van der Waals surface area contributed by atoms with Gasteiger partial charge < -0.3 is 77.2 Å². The maximum absolute atomic E-state index is 14.1. The molecule has 8 aromatic rings. The van der Waals surface area contributed by atoms with Crippen LogP contribution in [0.25, 0.3) is 0 Å². The zero-order chi connectivity index (χ0) is 91.7. The molecule has 6 aromatic carbocycles. The van der Waals surface area contributed by atoms with Crippen molar-refractivity contribution in [2.75, 3.05) is 13.1 Å². The largest absolute Gasteiger partial charge is 0.459 e. The van der Waals surface area contributed by atoms with Crippen LogP contribution in [0, 0.1) is 11.8 Å². The molecule has 128 heavy (non-hydrogen) atoms. The molecule has 3 unspecified atom stereocenters. The number of ether oxygens (including phenoxy) is 4. The second-order valence-corrected chi connectivity index (χ2v) is 30.9. The zero-order valence-electron chi connectivity index (χ0n) is 71.2. The van der Waals surface area contributed by atoms with Crippen LogP contribution in [0.3, 0.4) is 0 Å². The minimum Gasteiger partial charge on any atom is -0.459 e. The van der Waals surface area contributed by atoms with Gasteiger partial charge in [0.05, 0.1) is 36.6 Å². The Morgan fingerprint density at radius 2 is 0.742 bits per heavy atom. The van der Waals surface area contributed by atoms with Crippen LogP contribution < -0.4 is 53.2 Å². The molecular formula is C92H106B2N14O20. The second kappa shape index (κ2) is 51.5. The minimum atomic E-state index is -1.86. The normalized spacial score (nSPS) is 14.6. The summed E-state index contributed by atoms with van der Waals surface area (Å²) in [5.41, 5.74) is 4.27. The summed E-state index contributed by atoms with van der Waals surface area (Å²) in [4.78, 5) is 207. The van der Waals surface area contributed by atoms with E-state index in [-0.39, 0.29) is 75.3 Å². The van der Waals surface area contributed by atoms with E-state index in [1.807, 2.05) is 36.4 Å². The molecule has 2 aliphatic carbocycles. The van der Waals surface area contributed by atoms with Gasteiger partial charge in [-0.3, -0.25) is 52.7 Å². The first kappa shape index (κ1) is 97.9. The smallest absolute Gasteiger partial charge is 0.419 e. The first-order valence-corrected chi connectivity index (χ1v) is 42.5. The highest BCUT2D eigenvalue weighted by molar-refractivity contribution is 6.57. The van der Waals surface area contributed by atoms with E-state index in [1.165, 1.54) is 25.0 Å². The fourth-order valence-corrected chi connectivity index (χ4v) is 14.6. The Labute approximate surface area is 743 Å². The molecule has 0 spiro atoms. The van der Waals surface area contributed by atoms with Gasteiger partial charge in [0, 0.05) is 25.2 Å². The Bertz CT molecular complexity index is 5010. The number of ketones is 1. The lowest BCUT2D eigenvalue weighted by atomic mass is 9.83. The Morgan fingerprint density at radius 1 is 0.398 bits per heavy atom. The molecule has 9 atom stereocenters. The number of carbonyl (C=O) groups is 15. The number of imidazole rings is 2. The molecule has 11 N–H and O–H groups in total. The van der Waals surface area contributed by atoms with Crippen LogP contribution >= 0.6 is 0 Å². The third-order valence-corrected chi connectivity index (χ3v) is 21.2. The van der Waals surface area contributed by atoms with Gasteiger partial charge in [-0.05, 0) is 83.7 Å². The van der Waals surface area contributed by atoms with Crippen molar-refractivity contribution in [3.8, 4) is 0 Å². The molecule has 0 saturated heterocycles. The van der Waals surface area contributed by atoms with E-state index in [0.717, 1.165) is 69.9 Å². The summed E-state index contributed by atoms with van der Waals surface area (Å²) in [5, 5.41) is 36.7. The number of amides is 10. The van der Waals surface area contributed by atoms with E-state index in [0.29, 0.717) is 49.7 Å². The van der Waals surface area contributed by atoms with Gasteiger partial charge in [-0.25, -0.2) is 38.3 Å². The summed E-state index contributed by atoms with van der Waals surface area (Å²) < 4.78 is 23.9. The van der Waals surface area contributed by atoms with E-state index in [4.69, 9.17) is 34.6 Å². The molecular weight excluding hydrogens is 1640 g/mol. The number of nitrogens with one attached hydrogen (secondary N) is 10. The van der Waals surface area contributed by atoms with Gasteiger partial charge in [0.25, 0.3) is 11.8 Å². The van der Waals surface area contributed by atoms with Crippen molar-refractivity contribution >= 4 is 104 Å². The standard InChI is InChI=1S/C46H54BN7O10.C46H52BN7O10/c2*1-2-15-35(40(56)43(59)48-25-37(55)52-39(33-22-13-6-14-23-33)44(60)63-27-30-16-7-3-8-17-30)50-41(57)36(51-42(58)38(53-45(47)61)32-20-11-5-12-21-32)24-34-26-54(29-49-34)46(62)64-28-31-18-9-4-10-19-31/h3-4,6-10,13-14,16-19,22-23,26,29,32,35-36,38-40,56H,2,5,11-12,15,20-21,24-25,27-28H2,1H3,(H,48,59)(H,50,57)(H,51,58)(H,52,55)(H,53,61);3-4,6-10,13-14,16-19,22-23,26,29,32,35-36,38-39H,2,5,11-12,15,20-21,24-25,27-28H2,1H3,(H,48,59)(H,50,57)(H,51,58)(H,52,55)(H,53,61)/t35?,36-,38-,39-,40?;35?,36-,38-,39-/m00/s1. The summed E-state index contributed by atoms with van der Waals surface area (Å²) in [6.07, 6.45) is 9.90. The van der Waals surface area contributed by atoms with Crippen molar-refractivity contribution in [1.82, 2.24) is 72.3 Å². The van der Waals surface area contributed by atoms with Gasteiger partial charge in [0.15, 0.2) is 29.8 Å². The number of esters is 2. The number of carbonyl (C=O) groups excluding carboxylic acids is 15. The third kappa shape index (κ3) is 31.9. The zero-order valence-corrected chi connectivity index (χ0v) is 71.2. The second-order valence-electron chi connectivity index (χ2n) is 30.9. The van der Waals surface area contributed by atoms with Crippen LogP contribution in [0.1, 0.15) is 161 Å². The van der Waals surface area contributed by atoms with Gasteiger partial charge in [0.2, 0.25) is 56.9 Å². The Hall–Kier alpha value is -13.9. The fourth-order valence-electron chi connectivity index (χ4n) is 14.6. The molecule has 36 heteroatoms. The number of Topliss-reactive ketones (excluding diaryl/α,β-unsaturated/α-hetero) is 1. The van der Waals surface area contributed by atoms with Crippen LogP contribution in [0.4, 0.5) is 19.2 Å². The lowest BCUT2D eigenvalue weighted by Gasteiger charge is -2.31. The molecule has 2 saturated carbocycles. The van der Waals surface area contributed by atoms with Crippen LogP contribution in [0.15, 0.2) is 207 Å². The lowest BCUT2D eigenvalue weighted by Crippen LogP contribution is -2.59. The molecule has 2 heterocycles. The minimum absolute atomic E-state index is 0.00111. The van der Waals surface area contributed by atoms with Crippen molar-refractivity contribution < 1.29 is 96.0 Å². The Kier molecular flexibility index (Phi) is 39.4. The molecule has 2 fully saturated rings. The number of aliphatic hydroxyl groups is 1. The Balaban J connectivity index is 0.000000289. The molecule has 0 bridgehead atoms. The average Bonchev–Trinajstić information content (AvgIpc) is 1.45. The highest BCUT2D eigenvalue weighted by Gasteiger charge is 2.39. The first-order valence-electron chi connectivity index (χ1n) is 42.5. The summed E-state index contributed by atoms with van der Waals surface area (Å²) in [5.74, 6) is -11.7. The van der Waals surface area contributed by atoms with Crippen LogP contribution in [-0.2, 0) is 111 Å². The first-order chi connectivity index (χ1) is 61.8. The van der Waals surface area contributed by atoms with E-state index < -0.39 is 156 Å². The van der Waals surface area contributed by atoms with Crippen molar-refractivity contribution in [1.29, 1.82) is 0 Å². The molecule has 10 amide bonds. The fraction of sp³-hybridized carbons (Fsp3) is 0.380. The summed E-state index contributed by atoms with van der Waals surface area (Å²) >= 11 is 0. The van der Waals surface area contributed by atoms with Crippen LogP contribution in [0.2, 0.25) is 0 Å². The van der Waals surface area contributed by atoms with E-state index >= 15 is 0 Å². The van der Waals surface area contributed by atoms with Crippen molar-refractivity contribution in [2.24, 2.45) is 11.8 Å². The molecule has 10 rings (SSSR count). The number of nitrogens with zero attached hydrogens (tertiary/aromatic N) is 4. The van der Waals surface area contributed by atoms with Gasteiger partial charge >= 0.3 is 24.1 Å². The topological polar surface area (TPSA) is 469 Å². The summed E-state index contributed by atoms with van der Waals surface area (Å²) in [6, 6.07) is 42.8. The number of aliphatic hydroxyl groups excluding tert-OH is 1. The number of aromatic nitrogens is 4. The number of hydrogen-bond donors (Lipinski definition) is 11. The number of rotatable bonds is 42. The van der Waals surface area contributed by atoms with Gasteiger partial charge in [-0.15, -0.1) is 0 Å². The van der Waals surface area contributed by atoms with Gasteiger partial charge in [0.1, 0.15) is 63.2 Å². The van der Waals surface area contributed by atoms with Crippen molar-refractivity contribution in [3.05, 3.63) is 252 Å². The van der Waals surface area contributed by atoms with Gasteiger partial charge in [-0.1, -0.05) is 247 Å². The van der Waals surface area contributed by atoms with Crippen LogP contribution in [0.5, 0.6) is 0 Å².